The van der Waals surface area contributed by atoms with Crippen molar-refractivity contribution in [3.05, 3.63) is 68.7 Å². The topological polar surface area (TPSA) is 122 Å². The Balaban J connectivity index is 1.48. The molecule has 0 saturated carbocycles. The Morgan fingerprint density at radius 1 is 1.24 bits per heavy atom. The van der Waals surface area contributed by atoms with E-state index in [1.807, 2.05) is 12.1 Å². The number of benzene rings is 1. The Kier molecular flexibility index (Phi) is 7.19. The second kappa shape index (κ2) is 10.7. The van der Waals surface area contributed by atoms with E-state index in [4.69, 9.17) is 23.6 Å². The number of thioether (sulfide) groups is 1. The summed E-state index contributed by atoms with van der Waals surface area (Å²) >= 11 is 2.26. The van der Waals surface area contributed by atoms with Gasteiger partial charge in [0.25, 0.3) is 5.56 Å². The lowest BCUT2D eigenvalue weighted by atomic mass is 10.2. The zero-order valence-electron chi connectivity index (χ0n) is 20.1. The van der Waals surface area contributed by atoms with Gasteiger partial charge in [-0.25, -0.2) is 9.78 Å². The van der Waals surface area contributed by atoms with E-state index in [0.29, 0.717) is 43.1 Å². The maximum absolute atomic E-state index is 13.7. The van der Waals surface area contributed by atoms with Gasteiger partial charge in [0.2, 0.25) is 12.7 Å². The Hall–Kier alpha value is -3.77. The molecule has 0 atom stereocenters. The Morgan fingerprint density at radius 3 is 2.86 bits per heavy atom. The van der Waals surface area contributed by atoms with Crippen LogP contribution in [-0.4, -0.2) is 40.6 Å². The lowest BCUT2D eigenvalue weighted by molar-refractivity contribution is -0.118. The number of rotatable bonds is 9. The average molecular weight is 542 g/mol. The maximum Gasteiger partial charge on any atom is 0.348 e. The highest BCUT2D eigenvalue weighted by molar-refractivity contribution is 7.99. The second-order valence-electron chi connectivity index (χ2n) is 8.07. The van der Waals surface area contributed by atoms with E-state index in [1.54, 1.807) is 32.0 Å². The lowest BCUT2D eigenvalue weighted by Crippen LogP contribution is -2.27. The second-order valence-corrected chi connectivity index (χ2v) is 10.0. The summed E-state index contributed by atoms with van der Waals surface area (Å²) in [6.45, 7) is 4.26. The smallest absolute Gasteiger partial charge is 0.348 e. The number of nitrogens with zero attached hydrogens (tertiary/aromatic N) is 2. The van der Waals surface area contributed by atoms with Crippen LogP contribution in [0, 0.1) is 6.92 Å². The molecule has 0 saturated heterocycles. The van der Waals surface area contributed by atoms with Crippen molar-refractivity contribution in [1.82, 2.24) is 14.9 Å². The molecule has 192 valence electrons. The van der Waals surface area contributed by atoms with Crippen molar-refractivity contribution in [3.8, 4) is 11.5 Å². The van der Waals surface area contributed by atoms with Crippen LogP contribution in [0.1, 0.15) is 33.5 Å². The Labute approximate surface area is 219 Å². The van der Waals surface area contributed by atoms with Gasteiger partial charge < -0.3 is 23.9 Å². The van der Waals surface area contributed by atoms with E-state index >= 15 is 0 Å². The fourth-order valence-corrected chi connectivity index (χ4v) is 5.79. The van der Waals surface area contributed by atoms with Gasteiger partial charge in [0.05, 0.1) is 37.1 Å². The number of carbonyl (C=O) groups is 2. The number of hydrogen-bond acceptors (Lipinski definition) is 10. The standard InChI is InChI=1S/C25H23N3O7S2/c1-3-32-24(31)21-14(2)20-22(37-21)27-25(36-12-19(29)26-10-16-5-4-8-33-16)28(23(20)30)11-15-6-7-17-18(9-15)35-13-34-17/h4-9H,3,10-13H2,1-2H3,(H,26,29). The summed E-state index contributed by atoms with van der Waals surface area (Å²) < 4.78 is 22.8. The molecule has 0 fully saturated rings. The third kappa shape index (κ3) is 5.20. The normalized spacial score (nSPS) is 12.2. The van der Waals surface area contributed by atoms with Gasteiger partial charge in [0.15, 0.2) is 16.7 Å². The fourth-order valence-electron chi connectivity index (χ4n) is 3.84. The number of hydrogen-bond donors (Lipinski definition) is 1. The molecular formula is C25H23N3O7S2. The number of carbonyl (C=O) groups excluding carboxylic acids is 2. The molecule has 1 aliphatic rings. The monoisotopic (exact) mass is 541 g/mol. The minimum Gasteiger partial charge on any atom is -0.467 e. The number of esters is 1. The van der Waals surface area contributed by atoms with Gasteiger partial charge >= 0.3 is 5.97 Å². The van der Waals surface area contributed by atoms with Crippen LogP contribution in [0.3, 0.4) is 0 Å². The first kappa shape index (κ1) is 24.9. The van der Waals surface area contributed by atoms with E-state index < -0.39 is 5.97 Å². The molecule has 0 spiro atoms. The van der Waals surface area contributed by atoms with Crippen molar-refractivity contribution >= 4 is 45.2 Å². The van der Waals surface area contributed by atoms with Crippen molar-refractivity contribution in [3.63, 3.8) is 0 Å². The highest BCUT2D eigenvalue weighted by atomic mass is 32.2. The van der Waals surface area contributed by atoms with E-state index in [-0.39, 0.29) is 43.7 Å². The quantitative estimate of drug-likeness (QED) is 0.192. The number of ether oxygens (including phenoxy) is 3. The summed E-state index contributed by atoms with van der Waals surface area (Å²) in [6, 6.07) is 8.97. The zero-order valence-corrected chi connectivity index (χ0v) is 21.7. The first-order chi connectivity index (χ1) is 17.9. The predicted molar refractivity (Wildman–Crippen MR) is 138 cm³/mol. The molecule has 4 aromatic rings. The number of fused-ring (bicyclic) bond motifs is 2. The molecule has 0 radical (unpaired) electrons. The molecule has 3 aromatic heterocycles. The maximum atomic E-state index is 13.7. The number of furan rings is 1. The number of nitrogens with one attached hydrogen (secondary N) is 1. The van der Waals surface area contributed by atoms with Crippen LogP contribution in [0.4, 0.5) is 0 Å². The van der Waals surface area contributed by atoms with Crippen LogP contribution in [0.25, 0.3) is 10.2 Å². The van der Waals surface area contributed by atoms with Gasteiger partial charge in [-0.15, -0.1) is 11.3 Å². The average Bonchev–Trinajstić information content (AvgIpc) is 3.64. The number of aryl methyl sites for hydroxylation is 1. The largest absolute Gasteiger partial charge is 0.467 e. The summed E-state index contributed by atoms with van der Waals surface area (Å²) in [7, 11) is 0. The highest BCUT2D eigenvalue weighted by Gasteiger charge is 2.23. The van der Waals surface area contributed by atoms with Crippen LogP contribution in [0.15, 0.2) is 51.0 Å². The molecule has 0 unspecified atom stereocenters. The molecule has 10 nitrogen and oxygen atoms in total. The van der Waals surface area contributed by atoms with Gasteiger partial charge in [0, 0.05) is 0 Å². The van der Waals surface area contributed by atoms with E-state index in [1.165, 1.54) is 10.8 Å². The summed E-state index contributed by atoms with van der Waals surface area (Å²) in [6.07, 6.45) is 1.54. The minimum atomic E-state index is -0.490. The summed E-state index contributed by atoms with van der Waals surface area (Å²) in [4.78, 5) is 44.1. The molecule has 0 aliphatic carbocycles. The molecule has 1 amide bonds. The molecule has 0 bridgehead atoms. The van der Waals surface area contributed by atoms with Gasteiger partial charge in [-0.05, 0) is 49.2 Å². The first-order valence-electron chi connectivity index (χ1n) is 11.5. The first-order valence-corrected chi connectivity index (χ1v) is 13.3. The number of aromatic nitrogens is 2. The lowest BCUT2D eigenvalue weighted by Gasteiger charge is -2.13. The van der Waals surface area contributed by atoms with Crippen molar-refractivity contribution in [2.24, 2.45) is 0 Å². The van der Waals surface area contributed by atoms with Crippen LogP contribution in [-0.2, 0) is 22.6 Å². The Morgan fingerprint density at radius 2 is 2.08 bits per heavy atom. The summed E-state index contributed by atoms with van der Waals surface area (Å²) in [5, 5.41) is 3.51. The van der Waals surface area contributed by atoms with E-state index in [9.17, 15) is 14.4 Å². The molecule has 1 aromatic carbocycles. The SMILES string of the molecule is CCOC(=O)c1sc2nc(SCC(=O)NCc3ccco3)n(Cc3ccc4c(c3)OCO4)c(=O)c2c1C. The molecule has 12 heteroatoms. The highest BCUT2D eigenvalue weighted by Crippen LogP contribution is 2.34. The van der Waals surface area contributed by atoms with Gasteiger partial charge in [0.1, 0.15) is 15.5 Å². The van der Waals surface area contributed by atoms with Crippen molar-refractivity contribution < 1.29 is 28.2 Å². The van der Waals surface area contributed by atoms with Crippen LogP contribution < -0.4 is 20.3 Å². The van der Waals surface area contributed by atoms with Crippen molar-refractivity contribution in [1.29, 1.82) is 0 Å². The van der Waals surface area contributed by atoms with Gasteiger partial charge in [-0.1, -0.05) is 17.8 Å². The van der Waals surface area contributed by atoms with Crippen molar-refractivity contribution in [2.45, 2.75) is 32.1 Å². The summed E-state index contributed by atoms with van der Waals surface area (Å²) in [5.41, 5.74) is 1.03. The predicted octanol–water partition coefficient (Wildman–Crippen LogP) is 3.72. The van der Waals surface area contributed by atoms with Crippen LogP contribution in [0.5, 0.6) is 11.5 Å². The van der Waals surface area contributed by atoms with Crippen LogP contribution in [0.2, 0.25) is 0 Å². The molecule has 1 aliphatic heterocycles. The molecular weight excluding hydrogens is 518 g/mol. The molecule has 1 N–H and O–H groups in total. The van der Waals surface area contributed by atoms with Gasteiger partial charge in [-0.2, -0.15) is 0 Å². The zero-order chi connectivity index (χ0) is 25.9. The summed E-state index contributed by atoms with van der Waals surface area (Å²) in [5.74, 6) is 1.19. The number of amides is 1. The van der Waals surface area contributed by atoms with Crippen molar-refractivity contribution in [2.75, 3.05) is 19.2 Å². The molecule has 5 rings (SSSR count). The van der Waals surface area contributed by atoms with Crippen LogP contribution >= 0.6 is 23.1 Å². The fraction of sp³-hybridized carbons (Fsp3) is 0.280. The Bertz CT molecular complexity index is 1530. The third-order valence-electron chi connectivity index (χ3n) is 5.63. The van der Waals surface area contributed by atoms with E-state index in [0.717, 1.165) is 28.7 Å². The molecule has 4 heterocycles. The minimum absolute atomic E-state index is 0.0366. The van der Waals surface area contributed by atoms with Gasteiger partial charge in [-0.3, -0.25) is 14.2 Å². The number of thiophene rings is 1. The molecule has 37 heavy (non-hydrogen) atoms. The van der Waals surface area contributed by atoms with E-state index in [2.05, 4.69) is 5.32 Å². The third-order valence-corrected chi connectivity index (χ3v) is 7.77.